The van der Waals surface area contributed by atoms with Crippen molar-refractivity contribution in [2.75, 3.05) is 39.3 Å². The number of H-pyrrole nitrogens is 2. The van der Waals surface area contributed by atoms with Crippen LogP contribution in [0.5, 0.6) is 0 Å². The van der Waals surface area contributed by atoms with Gasteiger partial charge in [-0.25, -0.2) is 9.97 Å². The highest BCUT2D eigenvalue weighted by Crippen LogP contribution is 2.40. The molecule has 2 aliphatic heterocycles. The van der Waals surface area contributed by atoms with Gasteiger partial charge in [-0.15, -0.1) is 0 Å². The average molecular weight is 492 g/mol. The number of aromatic amines is 2. The van der Waals surface area contributed by atoms with Crippen LogP contribution in [-0.4, -0.2) is 85.0 Å². The summed E-state index contributed by atoms with van der Waals surface area (Å²) >= 11 is 0. The fourth-order valence-electron chi connectivity index (χ4n) is 5.64. The van der Waals surface area contributed by atoms with Gasteiger partial charge in [0.15, 0.2) is 0 Å². The monoisotopic (exact) mass is 491 g/mol. The van der Waals surface area contributed by atoms with E-state index in [1.807, 2.05) is 12.1 Å². The summed E-state index contributed by atoms with van der Waals surface area (Å²) in [6.45, 7) is 7.59. The largest absolute Gasteiger partial charge is 0.396 e. The van der Waals surface area contributed by atoms with E-state index in [1.165, 1.54) is 24.8 Å². The number of likely N-dealkylation sites (tertiary alicyclic amines) is 2. The number of hydrogen-bond donors (Lipinski definition) is 3. The number of aliphatic hydroxyl groups excluding tert-OH is 1. The van der Waals surface area contributed by atoms with Crippen LogP contribution in [0.3, 0.4) is 0 Å². The predicted octanol–water partition coefficient (Wildman–Crippen LogP) is 2.65. The number of benzene rings is 1. The van der Waals surface area contributed by atoms with E-state index >= 15 is 0 Å². The van der Waals surface area contributed by atoms with Gasteiger partial charge in [-0.1, -0.05) is 12.1 Å². The molecule has 5 rings (SSSR count). The SMILES string of the molecule is O=C(c1ccc(CN2CCC3(CCN(CCCO)CC3)C2)cc1)N(Cc1ncc[nH]1)Cc1ncc[nH]1. The van der Waals surface area contributed by atoms with Gasteiger partial charge in [0.2, 0.25) is 0 Å². The van der Waals surface area contributed by atoms with Crippen LogP contribution in [0.25, 0.3) is 0 Å². The smallest absolute Gasteiger partial charge is 0.254 e. The molecule has 2 aliphatic rings. The Morgan fingerprint density at radius 3 is 2.11 bits per heavy atom. The molecule has 0 unspecified atom stereocenters. The summed E-state index contributed by atoms with van der Waals surface area (Å²) in [5, 5.41) is 9.09. The van der Waals surface area contributed by atoms with Crippen molar-refractivity contribution in [3.63, 3.8) is 0 Å². The number of imidazole rings is 2. The van der Waals surface area contributed by atoms with E-state index < -0.39 is 0 Å². The van der Waals surface area contributed by atoms with Crippen LogP contribution in [-0.2, 0) is 19.6 Å². The molecule has 1 aromatic carbocycles. The van der Waals surface area contributed by atoms with Gasteiger partial charge in [-0.2, -0.15) is 0 Å². The molecule has 2 aromatic heterocycles. The molecule has 0 aliphatic carbocycles. The molecule has 1 spiro atoms. The Labute approximate surface area is 212 Å². The number of carbonyl (C=O) groups is 1. The second kappa shape index (κ2) is 11.4. The number of piperidine rings is 1. The minimum Gasteiger partial charge on any atom is -0.396 e. The summed E-state index contributed by atoms with van der Waals surface area (Å²) in [5.74, 6) is 1.45. The lowest BCUT2D eigenvalue weighted by atomic mass is 9.78. The van der Waals surface area contributed by atoms with Gasteiger partial charge in [0.1, 0.15) is 11.6 Å². The van der Waals surface area contributed by atoms with Crippen LogP contribution in [0.1, 0.15) is 53.3 Å². The van der Waals surface area contributed by atoms with Crippen molar-refractivity contribution >= 4 is 5.91 Å². The molecule has 36 heavy (non-hydrogen) atoms. The van der Waals surface area contributed by atoms with Crippen molar-refractivity contribution < 1.29 is 9.90 Å². The summed E-state index contributed by atoms with van der Waals surface area (Å²) in [6.07, 6.45) is 11.6. The molecule has 0 saturated carbocycles. The second-order valence-electron chi connectivity index (χ2n) is 10.3. The van der Waals surface area contributed by atoms with Crippen molar-refractivity contribution in [2.45, 2.75) is 45.3 Å². The van der Waals surface area contributed by atoms with E-state index in [0.717, 1.165) is 57.3 Å². The number of rotatable bonds is 10. The lowest BCUT2D eigenvalue weighted by Crippen LogP contribution is -2.42. The standard InChI is InChI=1S/C27H37N7O2/c35-17-1-13-32-14-6-27(7-15-32)8-16-33(21-27)18-22-2-4-23(5-3-22)26(36)34(19-24-28-9-10-29-24)20-25-30-11-12-31-25/h2-5,9-12,35H,1,6-8,13-21H2,(H,28,29)(H,30,31). The molecule has 0 atom stereocenters. The molecule has 3 aromatic rings. The molecular weight excluding hydrogens is 454 g/mol. The zero-order valence-electron chi connectivity index (χ0n) is 20.9. The van der Waals surface area contributed by atoms with E-state index in [0.29, 0.717) is 24.1 Å². The summed E-state index contributed by atoms with van der Waals surface area (Å²) in [6, 6.07) is 8.07. The van der Waals surface area contributed by atoms with Crippen LogP contribution >= 0.6 is 0 Å². The molecule has 9 nitrogen and oxygen atoms in total. The van der Waals surface area contributed by atoms with Crippen LogP contribution in [0.15, 0.2) is 49.1 Å². The summed E-state index contributed by atoms with van der Waals surface area (Å²) < 4.78 is 0. The van der Waals surface area contributed by atoms with Gasteiger partial charge >= 0.3 is 0 Å². The first kappa shape index (κ1) is 24.7. The third kappa shape index (κ3) is 6.03. The first-order valence-corrected chi connectivity index (χ1v) is 13.0. The molecule has 2 fully saturated rings. The van der Waals surface area contributed by atoms with E-state index in [-0.39, 0.29) is 12.5 Å². The predicted molar refractivity (Wildman–Crippen MR) is 137 cm³/mol. The fraction of sp³-hybridized carbons (Fsp3) is 0.519. The van der Waals surface area contributed by atoms with Gasteiger partial charge in [0.05, 0.1) is 13.1 Å². The quantitative estimate of drug-likeness (QED) is 0.403. The fourth-order valence-corrected chi connectivity index (χ4v) is 5.64. The lowest BCUT2D eigenvalue weighted by Gasteiger charge is -2.39. The van der Waals surface area contributed by atoms with Crippen molar-refractivity contribution in [2.24, 2.45) is 5.41 Å². The maximum absolute atomic E-state index is 13.4. The first-order valence-electron chi connectivity index (χ1n) is 13.0. The Morgan fingerprint density at radius 1 is 0.944 bits per heavy atom. The van der Waals surface area contributed by atoms with Gasteiger partial charge in [-0.05, 0) is 68.4 Å². The van der Waals surface area contributed by atoms with E-state index in [2.05, 4.69) is 41.9 Å². The first-order chi connectivity index (χ1) is 17.6. The highest BCUT2D eigenvalue weighted by molar-refractivity contribution is 5.94. The summed E-state index contributed by atoms with van der Waals surface area (Å²) in [7, 11) is 0. The number of aliphatic hydroxyl groups is 1. The number of carbonyl (C=O) groups excluding carboxylic acids is 1. The van der Waals surface area contributed by atoms with Gasteiger partial charge in [-0.3, -0.25) is 9.69 Å². The van der Waals surface area contributed by atoms with Crippen LogP contribution in [0, 0.1) is 5.41 Å². The highest BCUT2D eigenvalue weighted by Gasteiger charge is 2.40. The maximum Gasteiger partial charge on any atom is 0.254 e. The topological polar surface area (TPSA) is 104 Å². The summed E-state index contributed by atoms with van der Waals surface area (Å²) in [4.78, 5) is 34.9. The Hall–Kier alpha value is -3.01. The molecular formula is C27H37N7O2. The van der Waals surface area contributed by atoms with Crippen LogP contribution in [0.4, 0.5) is 0 Å². The third-order valence-corrected chi connectivity index (χ3v) is 7.75. The number of aromatic nitrogens is 4. The van der Waals surface area contributed by atoms with Gasteiger partial charge in [0, 0.05) is 56.6 Å². The number of amides is 1. The molecule has 0 radical (unpaired) electrons. The summed E-state index contributed by atoms with van der Waals surface area (Å²) in [5.41, 5.74) is 2.36. The molecule has 192 valence electrons. The number of hydrogen-bond acceptors (Lipinski definition) is 6. The zero-order valence-corrected chi connectivity index (χ0v) is 20.9. The molecule has 3 N–H and O–H groups in total. The lowest BCUT2D eigenvalue weighted by molar-refractivity contribution is 0.0721. The Morgan fingerprint density at radius 2 is 1.56 bits per heavy atom. The molecule has 1 amide bonds. The Bertz CT molecular complexity index is 1040. The molecule has 9 heteroatoms. The third-order valence-electron chi connectivity index (χ3n) is 7.75. The maximum atomic E-state index is 13.4. The molecule has 0 bridgehead atoms. The minimum atomic E-state index is -0.0394. The minimum absolute atomic E-state index is 0.0394. The number of nitrogens with one attached hydrogen (secondary N) is 2. The second-order valence-corrected chi connectivity index (χ2v) is 10.3. The van der Waals surface area contributed by atoms with Crippen LogP contribution < -0.4 is 0 Å². The van der Waals surface area contributed by atoms with E-state index in [9.17, 15) is 4.79 Å². The van der Waals surface area contributed by atoms with Crippen molar-refractivity contribution in [3.8, 4) is 0 Å². The Kier molecular flexibility index (Phi) is 7.79. The zero-order chi connectivity index (χ0) is 24.8. The van der Waals surface area contributed by atoms with Crippen molar-refractivity contribution in [3.05, 3.63) is 71.8 Å². The van der Waals surface area contributed by atoms with Gasteiger partial charge < -0.3 is 24.9 Å². The highest BCUT2D eigenvalue weighted by atomic mass is 16.3. The van der Waals surface area contributed by atoms with E-state index in [1.54, 1.807) is 29.7 Å². The van der Waals surface area contributed by atoms with Crippen LogP contribution in [0.2, 0.25) is 0 Å². The van der Waals surface area contributed by atoms with Crippen molar-refractivity contribution in [1.82, 2.24) is 34.6 Å². The van der Waals surface area contributed by atoms with Gasteiger partial charge in [0.25, 0.3) is 5.91 Å². The number of nitrogens with zero attached hydrogens (tertiary/aromatic N) is 5. The molecule has 2 saturated heterocycles. The average Bonchev–Trinajstić information content (AvgIpc) is 3.68. The molecule has 4 heterocycles. The van der Waals surface area contributed by atoms with E-state index in [4.69, 9.17) is 5.11 Å². The normalized spacial score (nSPS) is 18.1. The Balaban J connectivity index is 1.17. The van der Waals surface area contributed by atoms with Crippen molar-refractivity contribution in [1.29, 1.82) is 0 Å².